The number of hydrogen-bond donors (Lipinski definition) is 1. The fraction of sp³-hybridized carbons (Fsp3) is 0.370. The van der Waals surface area contributed by atoms with Crippen LogP contribution in [0.15, 0.2) is 42.6 Å². The minimum absolute atomic E-state index is 0.0905. The first-order chi connectivity index (χ1) is 17.9. The van der Waals surface area contributed by atoms with Crippen LogP contribution in [0.3, 0.4) is 0 Å². The highest BCUT2D eigenvalue weighted by atomic mass is 32.2. The molecule has 5 rings (SSSR count). The third-order valence-electron chi connectivity index (χ3n) is 6.95. The number of fused-ring (bicyclic) bond motifs is 2. The monoisotopic (exact) mass is 524 g/mol. The highest BCUT2D eigenvalue weighted by Gasteiger charge is 2.43. The number of phenolic OH excluding ortho intramolecular Hbond substituents is 1. The number of aromatic nitrogens is 1. The standard InChI is InChI=1S/C27H29FN4O4S/c1-30-11-13-31(14-12-30)20(33)9-15-37-27-22-21(24(34)23-19(25(22)36-2)4-3-10-29-23)26(35)32(27)16-17-5-7-18(28)8-6-17/h3-8,10,27,34H,9,11-16H2,1-2H3. The van der Waals surface area contributed by atoms with Crippen molar-refractivity contribution in [2.24, 2.45) is 0 Å². The molecule has 3 aromatic rings. The summed E-state index contributed by atoms with van der Waals surface area (Å²) < 4.78 is 19.3. The van der Waals surface area contributed by atoms with Gasteiger partial charge in [-0.05, 0) is 36.9 Å². The van der Waals surface area contributed by atoms with Crippen LogP contribution in [-0.4, -0.2) is 82.7 Å². The summed E-state index contributed by atoms with van der Waals surface area (Å²) in [7, 11) is 3.58. The third-order valence-corrected chi connectivity index (χ3v) is 8.20. The van der Waals surface area contributed by atoms with Crippen molar-refractivity contribution in [1.29, 1.82) is 0 Å². The van der Waals surface area contributed by atoms with E-state index in [0.717, 1.165) is 18.7 Å². The van der Waals surface area contributed by atoms with Gasteiger partial charge in [-0.15, -0.1) is 11.8 Å². The average Bonchev–Trinajstić information content (AvgIpc) is 3.17. The lowest BCUT2D eigenvalue weighted by atomic mass is 10.0. The van der Waals surface area contributed by atoms with Crippen LogP contribution in [0.2, 0.25) is 0 Å². The van der Waals surface area contributed by atoms with Crippen molar-refractivity contribution in [3.05, 3.63) is 65.1 Å². The number of benzene rings is 2. The normalized spacial score (nSPS) is 17.9. The fourth-order valence-electron chi connectivity index (χ4n) is 4.95. The number of piperazine rings is 1. The quantitative estimate of drug-likeness (QED) is 0.505. The van der Waals surface area contributed by atoms with Crippen LogP contribution in [0.4, 0.5) is 4.39 Å². The predicted molar refractivity (Wildman–Crippen MR) is 140 cm³/mol. The van der Waals surface area contributed by atoms with Crippen molar-refractivity contribution in [3.63, 3.8) is 0 Å². The molecule has 2 aliphatic rings. The predicted octanol–water partition coefficient (Wildman–Crippen LogP) is 3.64. The molecule has 1 fully saturated rings. The van der Waals surface area contributed by atoms with E-state index in [1.54, 1.807) is 35.4 Å². The maximum atomic E-state index is 13.7. The van der Waals surface area contributed by atoms with Crippen molar-refractivity contribution in [2.75, 3.05) is 46.1 Å². The Morgan fingerprint density at radius 2 is 1.92 bits per heavy atom. The lowest BCUT2D eigenvalue weighted by molar-refractivity contribution is -0.132. The molecule has 1 aromatic heterocycles. The topological polar surface area (TPSA) is 86.2 Å². The summed E-state index contributed by atoms with van der Waals surface area (Å²) in [5, 5.41) is 11.2. The van der Waals surface area contributed by atoms with E-state index in [1.807, 2.05) is 11.9 Å². The minimum Gasteiger partial charge on any atom is -0.505 e. The van der Waals surface area contributed by atoms with Gasteiger partial charge in [0.2, 0.25) is 5.91 Å². The van der Waals surface area contributed by atoms with Crippen molar-refractivity contribution in [1.82, 2.24) is 19.7 Å². The van der Waals surface area contributed by atoms with Gasteiger partial charge >= 0.3 is 0 Å². The van der Waals surface area contributed by atoms with Gasteiger partial charge in [-0.25, -0.2) is 4.39 Å². The van der Waals surface area contributed by atoms with E-state index in [9.17, 15) is 19.1 Å². The van der Waals surface area contributed by atoms with Crippen LogP contribution >= 0.6 is 11.8 Å². The van der Waals surface area contributed by atoms with E-state index >= 15 is 0 Å². The fourth-order valence-corrected chi connectivity index (χ4v) is 6.20. The van der Waals surface area contributed by atoms with Crippen molar-refractivity contribution in [2.45, 2.75) is 18.3 Å². The highest BCUT2D eigenvalue weighted by Crippen LogP contribution is 2.52. The molecule has 1 atom stereocenters. The second-order valence-corrected chi connectivity index (χ2v) is 10.5. The molecular formula is C27H29FN4O4S. The molecule has 194 valence electrons. The number of carbonyl (C=O) groups excluding carboxylic acids is 2. The zero-order chi connectivity index (χ0) is 26.1. The summed E-state index contributed by atoms with van der Waals surface area (Å²) in [5.41, 5.74) is 1.78. The maximum Gasteiger partial charge on any atom is 0.259 e. The average molecular weight is 525 g/mol. The molecule has 1 unspecified atom stereocenters. The molecule has 0 bridgehead atoms. The largest absolute Gasteiger partial charge is 0.505 e. The first-order valence-corrected chi connectivity index (χ1v) is 13.2. The van der Waals surface area contributed by atoms with Gasteiger partial charge in [0, 0.05) is 62.0 Å². The van der Waals surface area contributed by atoms with Crippen molar-refractivity contribution < 1.29 is 23.8 Å². The first-order valence-electron chi connectivity index (χ1n) is 12.2. The summed E-state index contributed by atoms with van der Waals surface area (Å²) >= 11 is 1.46. The van der Waals surface area contributed by atoms with Gasteiger partial charge in [-0.3, -0.25) is 14.6 Å². The Hall–Kier alpha value is -3.37. The number of ether oxygens (including phenoxy) is 1. The Bertz CT molecular complexity index is 1330. The van der Waals surface area contributed by atoms with Gasteiger partial charge in [0.05, 0.1) is 12.7 Å². The van der Waals surface area contributed by atoms with Crippen LogP contribution in [0.5, 0.6) is 11.5 Å². The summed E-state index contributed by atoms with van der Waals surface area (Å²) in [6.45, 7) is 3.34. The Morgan fingerprint density at radius 1 is 1.19 bits per heavy atom. The van der Waals surface area contributed by atoms with Crippen LogP contribution in [0.1, 0.15) is 33.3 Å². The van der Waals surface area contributed by atoms with Crippen LogP contribution < -0.4 is 4.74 Å². The zero-order valence-electron chi connectivity index (χ0n) is 20.8. The van der Waals surface area contributed by atoms with E-state index in [4.69, 9.17) is 4.74 Å². The van der Waals surface area contributed by atoms with E-state index in [0.29, 0.717) is 47.5 Å². The maximum absolute atomic E-state index is 13.7. The van der Waals surface area contributed by atoms with Crippen molar-refractivity contribution >= 4 is 34.5 Å². The number of pyridine rings is 1. The van der Waals surface area contributed by atoms with E-state index < -0.39 is 5.37 Å². The van der Waals surface area contributed by atoms with Crippen LogP contribution in [0.25, 0.3) is 10.9 Å². The smallest absolute Gasteiger partial charge is 0.259 e. The number of halogens is 1. The van der Waals surface area contributed by atoms with Gasteiger partial charge in [0.1, 0.15) is 22.5 Å². The molecule has 8 nitrogen and oxygen atoms in total. The second-order valence-electron chi connectivity index (χ2n) is 9.29. The van der Waals surface area contributed by atoms with Gasteiger partial charge in [-0.1, -0.05) is 12.1 Å². The van der Waals surface area contributed by atoms with Crippen molar-refractivity contribution in [3.8, 4) is 11.5 Å². The lowest BCUT2D eigenvalue weighted by Crippen LogP contribution is -2.47. The summed E-state index contributed by atoms with van der Waals surface area (Å²) in [4.78, 5) is 36.6. The SMILES string of the molecule is COc1c2c(c(O)c3ncccc13)C(=O)N(Cc1ccc(F)cc1)C2SCCC(=O)N1CCN(C)CC1. The molecule has 0 saturated carbocycles. The van der Waals surface area contributed by atoms with Crippen LogP contribution in [0, 0.1) is 5.82 Å². The summed E-state index contributed by atoms with van der Waals surface area (Å²) in [6, 6.07) is 9.54. The number of amides is 2. The Balaban J connectivity index is 1.46. The Kier molecular flexibility index (Phi) is 7.21. The number of rotatable bonds is 7. The van der Waals surface area contributed by atoms with Crippen LogP contribution in [-0.2, 0) is 11.3 Å². The molecule has 1 N–H and O–H groups in total. The number of nitrogens with zero attached hydrogens (tertiary/aromatic N) is 4. The number of aromatic hydroxyl groups is 1. The molecule has 2 aromatic carbocycles. The van der Waals surface area contributed by atoms with E-state index in [1.165, 1.54) is 31.0 Å². The number of thioether (sulfide) groups is 1. The summed E-state index contributed by atoms with van der Waals surface area (Å²) in [6.07, 6.45) is 1.89. The molecular weight excluding hydrogens is 495 g/mol. The summed E-state index contributed by atoms with van der Waals surface area (Å²) in [5.74, 6) is 0.159. The molecule has 2 amide bonds. The highest BCUT2D eigenvalue weighted by molar-refractivity contribution is 7.99. The Labute approximate surface area is 219 Å². The molecule has 10 heteroatoms. The molecule has 0 spiro atoms. The van der Waals surface area contributed by atoms with Gasteiger partial charge in [0.25, 0.3) is 5.91 Å². The third kappa shape index (κ3) is 4.83. The number of methoxy groups -OCH3 is 1. The molecule has 37 heavy (non-hydrogen) atoms. The minimum atomic E-state index is -0.502. The second kappa shape index (κ2) is 10.5. The zero-order valence-corrected chi connectivity index (χ0v) is 21.6. The Morgan fingerprint density at radius 3 is 2.62 bits per heavy atom. The van der Waals surface area contributed by atoms with Gasteiger partial charge in [0.15, 0.2) is 5.75 Å². The number of likely N-dealkylation sites (N-methyl/N-ethyl adjacent to an activating group) is 1. The van der Waals surface area contributed by atoms with Gasteiger partial charge in [-0.2, -0.15) is 0 Å². The molecule has 3 heterocycles. The molecule has 1 saturated heterocycles. The number of phenols is 1. The van der Waals surface area contributed by atoms with E-state index in [-0.39, 0.29) is 35.5 Å². The number of hydrogen-bond acceptors (Lipinski definition) is 7. The van der Waals surface area contributed by atoms with E-state index in [2.05, 4.69) is 9.88 Å². The van der Waals surface area contributed by atoms with Gasteiger partial charge < -0.3 is 24.5 Å². The molecule has 0 radical (unpaired) electrons. The molecule has 0 aliphatic carbocycles. The first kappa shape index (κ1) is 25.3. The molecule has 2 aliphatic heterocycles. The number of carbonyl (C=O) groups is 2. The lowest BCUT2D eigenvalue weighted by Gasteiger charge is -2.32.